The van der Waals surface area contributed by atoms with E-state index in [0.717, 1.165) is 44.3 Å². The van der Waals surface area contributed by atoms with Crippen molar-refractivity contribution >= 4 is 5.78 Å². The highest BCUT2D eigenvalue weighted by molar-refractivity contribution is 5.89. The molecule has 0 radical (unpaired) electrons. The fourth-order valence-corrected chi connectivity index (χ4v) is 3.42. The van der Waals surface area contributed by atoms with Crippen LogP contribution < -0.4 is 0 Å². The molecule has 24 heavy (non-hydrogen) atoms. The van der Waals surface area contributed by atoms with Crippen LogP contribution in [0.3, 0.4) is 0 Å². The fraction of sp³-hybridized carbons (Fsp3) is 0.571. The maximum absolute atomic E-state index is 12.9. The van der Waals surface area contributed by atoms with E-state index in [-0.39, 0.29) is 11.7 Å². The van der Waals surface area contributed by atoms with Crippen LogP contribution in [0, 0.1) is 17.8 Å². The van der Waals surface area contributed by atoms with Gasteiger partial charge in [0.2, 0.25) is 0 Å². The molecule has 2 rings (SSSR count). The topological polar surface area (TPSA) is 40.5 Å². The first-order valence-electron chi connectivity index (χ1n) is 9.04. The summed E-state index contributed by atoms with van der Waals surface area (Å²) in [5, 5.41) is 11.3. The Balaban J connectivity index is 2.06. The zero-order valence-electron chi connectivity index (χ0n) is 14.9. The van der Waals surface area contributed by atoms with Gasteiger partial charge in [0.25, 0.3) is 0 Å². The van der Waals surface area contributed by atoms with Gasteiger partial charge in [-0.25, -0.2) is 0 Å². The van der Waals surface area contributed by atoms with Crippen molar-refractivity contribution in [3.8, 4) is 11.8 Å². The quantitative estimate of drug-likeness (QED) is 0.781. The summed E-state index contributed by atoms with van der Waals surface area (Å²) < 4.78 is 0. The second kappa shape index (κ2) is 9.01. The lowest BCUT2D eigenvalue weighted by Crippen LogP contribution is -2.42. The number of hydrogen-bond acceptors (Lipinski definition) is 3. The van der Waals surface area contributed by atoms with Crippen molar-refractivity contribution in [1.29, 1.82) is 0 Å². The van der Waals surface area contributed by atoms with Crippen LogP contribution in [0.5, 0.6) is 0 Å². The van der Waals surface area contributed by atoms with Crippen LogP contribution in [0.4, 0.5) is 0 Å². The Morgan fingerprint density at radius 3 is 2.54 bits per heavy atom. The van der Waals surface area contributed by atoms with Gasteiger partial charge in [0.15, 0.2) is 11.4 Å². The van der Waals surface area contributed by atoms with Crippen LogP contribution in [-0.4, -0.2) is 35.9 Å². The molecule has 130 valence electrons. The number of carbonyl (C=O) groups is 1. The van der Waals surface area contributed by atoms with Gasteiger partial charge in [0.1, 0.15) is 0 Å². The summed E-state index contributed by atoms with van der Waals surface area (Å²) in [6.07, 6.45) is 4.85. The van der Waals surface area contributed by atoms with Crippen molar-refractivity contribution in [3.63, 3.8) is 0 Å². The molecule has 1 aromatic rings. The normalized spacial score (nSPS) is 17.3. The van der Waals surface area contributed by atoms with Crippen molar-refractivity contribution < 1.29 is 9.90 Å². The molecule has 1 aliphatic carbocycles. The Bertz CT molecular complexity index is 581. The van der Waals surface area contributed by atoms with Gasteiger partial charge in [-0.2, -0.15) is 0 Å². The maximum Gasteiger partial charge on any atom is 0.170 e. The Hall–Kier alpha value is -1.63. The molecule has 1 aromatic carbocycles. The van der Waals surface area contributed by atoms with Gasteiger partial charge in [0, 0.05) is 12.8 Å². The molecule has 0 aliphatic heterocycles. The number of rotatable bonds is 7. The standard InChI is InChI=1S/C21H29NO2/c1-3-22(2)17-11-5-8-16-20(23)21(24,19-14-9-10-15-19)18-12-6-4-7-13-18/h4,6-7,12-13,19,24H,3,8-10,14-17H2,1-2H3. The third kappa shape index (κ3) is 4.47. The van der Waals surface area contributed by atoms with E-state index in [1.54, 1.807) is 0 Å². The Morgan fingerprint density at radius 2 is 1.92 bits per heavy atom. The molecule has 1 unspecified atom stereocenters. The van der Waals surface area contributed by atoms with E-state index in [1.165, 1.54) is 0 Å². The molecule has 0 saturated heterocycles. The van der Waals surface area contributed by atoms with Gasteiger partial charge < -0.3 is 5.11 Å². The minimum atomic E-state index is -1.35. The SMILES string of the molecule is CCN(C)CC#CCCC(=O)C(O)(c1ccccc1)C1CCCC1. The molecule has 0 spiro atoms. The average molecular weight is 327 g/mol. The van der Waals surface area contributed by atoms with Crippen molar-refractivity contribution in [2.45, 2.75) is 51.0 Å². The number of Topliss-reactive ketones (excluding diaryl/α,β-unsaturated/α-hetero) is 1. The van der Waals surface area contributed by atoms with Crippen LogP contribution in [0.1, 0.15) is 51.0 Å². The van der Waals surface area contributed by atoms with E-state index < -0.39 is 5.60 Å². The predicted octanol–water partition coefficient (Wildman–Crippen LogP) is 3.37. The summed E-state index contributed by atoms with van der Waals surface area (Å²) in [6, 6.07) is 9.45. The first-order chi connectivity index (χ1) is 11.6. The fourth-order valence-electron chi connectivity index (χ4n) is 3.42. The highest BCUT2D eigenvalue weighted by atomic mass is 16.3. The Morgan fingerprint density at radius 1 is 1.25 bits per heavy atom. The van der Waals surface area contributed by atoms with E-state index in [9.17, 15) is 9.90 Å². The van der Waals surface area contributed by atoms with Crippen molar-refractivity contribution in [3.05, 3.63) is 35.9 Å². The van der Waals surface area contributed by atoms with E-state index in [2.05, 4.69) is 23.7 Å². The third-order valence-electron chi connectivity index (χ3n) is 5.08. The van der Waals surface area contributed by atoms with E-state index in [0.29, 0.717) is 12.8 Å². The minimum absolute atomic E-state index is 0.0339. The summed E-state index contributed by atoms with van der Waals surface area (Å²) in [4.78, 5) is 15.0. The maximum atomic E-state index is 12.9. The van der Waals surface area contributed by atoms with Gasteiger partial charge >= 0.3 is 0 Å². The van der Waals surface area contributed by atoms with E-state index >= 15 is 0 Å². The largest absolute Gasteiger partial charge is 0.377 e. The van der Waals surface area contributed by atoms with Crippen LogP contribution in [0.15, 0.2) is 30.3 Å². The van der Waals surface area contributed by atoms with Crippen molar-refractivity contribution in [2.75, 3.05) is 20.1 Å². The molecule has 1 saturated carbocycles. The van der Waals surface area contributed by atoms with Crippen molar-refractivity contribution in [2.24, 2.45) is 5.92 Å². The summed E-state index contributed by atoms with van der Waals surface area (Å²) in [5.41, 5.74) is -0.611. The number of nitrogens with zero attached hydrogens (tertiary/aromatic N) is 1. The lowest BCUT2D eigenvalue weighted by Gasteiger charge is -2.33. The van der Waals surface area contributed by atoms with Gasteiger partial charge in [-0.05, 0) is 37.9 Å². The predicted molar refractivity (Wildman–Crippen MR) is 97.5 cm³/mol. The number of carbonyl (C=O) groups excluding carboxylic acids is 1. The van der Waals surface area contributed by atoms with Crippen molar-refractivity contribution in [1.82, 2.24) is 4.90 Å². The molecule has 0 amide bonds. The second-order valence-corrected chi connectivity index (χ2v) is 6.72. The van der Waals surface area contributed by atoms with E-state index in [4.69, 9.17) is 0 Å². The van der Waals surface area contributed by atoms with E-state index in [1.807, 2.05) is 37.4 Å². The summed E-state index contributed by atoms with van der Waals surface area (Å²) in [6.45, 7) is 3.77. The molecule has 3 heteroatoms. The molecule has 1 N–H and O–H groups in total. The first kappa shape index (κ1) is 18.7. The average Bonchev–Trinajstić information content (AvgIpc) is 3.16. The highest BCUT2D eigenvalue weighted by Gasteiger charge is 2.45. The van der Waals surface area contributed by atoms with Gasteiger partial charge in [-0.15, -0.1) is 5.92 Å². The Labute approximate surface area is 146 Å². The van der Waals surface area contributed by atoms with Crippen LogP contribution >= 0.6 is 0 Å². The van der Waals surface area contributed by atoms with Gasteiger partial charge in [0.05, 0.1) is 6.54 Å². The number of aliphatic hydroxyl groups is 1. The lowest BCUT2D eigenvalue weighted by atomic mass is 9.76. The summed E-state index contributed by atoms with van der Waals surface area (Å²) >= 11 is 0. The molecule has 1 aliphatic rings. The lowest BCUT2D eigenvalue weighted by molar-refractivity contribution is -0.144. The molecular weight excluding hydrogens is 298 g/mol. The molecular formula is C21H29NO2. The van der Waals surface area contributed by atoms with Gasteiger partial charge in [-0.3, -0.25) is 9.69 Å². The Kier molecular flexibility index (Phi) is 7.02. The number of benzene rings is 1. The third-order valence-corrected chi connectivity index (χ3v) is 5.08. The first-order valence-corrected chi connectivity index (χ1v) is 9.04. The molecule has 1 atom stereocenters. The zero-order valence-corrected chi connectivity index (χ0v) is 14.9. The number of ketones is 1. The van der Waals surface area contributed by atoms with Crippen LogP contribution in [-0.2, 0) is 10.4 Å². The highest BCUT2D eigenvalue weighted by Crippen LogP contribution is 2.41. The van der Waals surface area contributed by atoms with Crippen LogP contribution in [0.25, 0.3) is 0 Å². The number of hydrogen-bond donors (Lipinski definition) is 1. The second-order valence-electron chi connectivity index (χ2n) is 6.72. The minimum Gasteiger partial charge on any atom is -0.377 e. The van der Waals surface area contributed by atoms with Gasteiger partial charge in [-0.1, -0.05) is 56.0 Å². The smallest absolute Gasteiger partial charge is 0.170 e. The summed E-state index contributed by atoms with van der Waals surface area (Å²) in [7, 11) is 2.02. The molecule has 0 aromatic heterocycles. The monoisotopic (exact) mass is 327 g/mol. The molecule has 3 nitrogen and oxygen atoms in total. The zero-order chi connectivity index (χ0) is 17.4. The summed E-state index contributed by atoms with van der Waals surface area (Å²) in [5.74, 6) is 6.12. The molecule has 1 fully saturated rings. The van der Waals surface area contributed by atoms with Crippen LogP contribution in [0.2, 0.25) is 0 Å². The molecule has 0 bridgehead atoms. The molecule has 0 heterocycles.